The van der Waals surface area contributed by atoms with E-state index in [2.05, 4.69) is 25.9 Å². The number of hydrogen-bond acceptors (Lipinski definition) is 2. The maximum Gasteiger partial charge on any atom is 0.159 e. The second-order valence-corrected chi connectivity index (χ2v) is 3.94. The van der Waals surface area contributed by atoms with Gasteiger partial charge in [0.1, 0.15) is 0 Å². The van der Waals surface area contributed by atoms with Gasteiger partial charge in [-0.05, 0) is 25.1 Å². The Morgan fingerprint density at radius 2 is 1.79 bits per heavy atom. The molecule has 2 aromatic rings. The van der Waals surface area contributed by atoms with E-state index in [9.17, 15) is 0 Å². The molecule has 2 rings (SSSR count). The Balaban J connectivity index is 2.44. The Labute approximate surface area is 91.2 Å². The topological polar surface area (TPSA) is 25.8 Å². The normalized spacial score (nSPS) is 10.1. The quantitative estimate of drug-likeness (QED) is 0.775. The summed E-state index contributed by atoms with van der Waals surface area (Å²) in [5.74, 6) is 0.775. The third kappa shape index (κ3) is 1.99. The predicted molar refractivity (Wildman–Crippen MR) is 59.9 cm³/mol. The van der Waals surface area contributed by atoms with Gasteiger partial charge in [-0.15, -0.1) is 0 Å². The zero-order valence-electron chi connectivity index (χ0n) is 7.74. The summed E-state index contributed by atoms with van der Waals surface area (Å²) < 4.78 is 1.06. The molecule has 0 aliphatic rings. The van der Waals surface area contributed by atoms with Crippen molar-refractivity contribution in [1.29, 1.82) is 0 Å². The molecule has 0 N–H and O–H groups in total. The molecule has 3 heteroatoms. The van der Waals surface area contributed by atoms with E-state index >= 15 is 0 Å². The van der Waals surface area contributed by atoms with Crippen LogP contribution in [0.3, 0.4) is 0 Å². The van der Waals surface area contributed by atoms with Crippen molar-refractivity contribution in [1.82, 2.24) is 9.97 Å². The third-order valence-corrected chi connectivity index (χ3v) is 2.43. The lowest BCUT2D eigenvalue weighted by molar-refractivity contribution is 1.11. The van der Waals surface area contributed by atoms with Crippen LogP contribution in [-0.2, 0) is 0 Å². The first kappa shape index (κ1) is 9.34. The number of benzene rings is 1. The predicted octanol–water partition coefficient (Wildman–Crippen LogP) is 3.21. The fourth-order valence-electron chi connectivity index (χ4n) is 1.19. The summed E-state index contributed by atoms with van der Waals surface area (Å²) in [6.07, 6.45) is 1.78. The monoisotopic (exact) mass is 248 g/mol. The summed E-state index contributed by atoms with van der Waals surface area (Å²) in [5, 5.41) is 0. The van der Waals surface area contributed by atoms with Crippen LogP contribution >= 0.6 is 15.9 Å². The largest absolute Gasteiger partial charge is 0.237 e. The summed E-state index contributed by atoms with van der Waals surface area (Å²) >= 11 is 3.39. The van der Waals surface area contributed by atoms with Gasteiger partial charge in [-0.25, -0.2) is 9.97 Å². The Kier molecular flexibility index (Phi) is 2.59. The molecule has 0 saturated carbocycles. The highest BCUT2D eigenvalue weighted by molar-refractivity contribution is 9.10. The molecule has 0 spiro atoms. The molecular formula is C11H9BrN2. The van der Waals surface area contributed by atoms with Crippen LogP contribution in [0.5, 0.6) is 0 Å². The van der Waals surface area contributed by atoms with E-state index < -0.39 is 0 Å². The van der Waals surface area contributed by atoms with Crippen molar-refractivity contribution in [2.75, 3.05) is 0 Å². The van der Waals surface area contributed by atoms with Crippen LogP contribution in [0.4, 0.5) is 0 Å². The van der Waals surface area contributed by atoms with Crippen molar-refractivity contribution in [2.45, 2.75) is 6.92 Å². The van der Waals surface area contributed by atoms with Gasteiger partial charge in [0.15, 0.2) is 5.82 Å². The van der Waals surface area contributed by atoms with E-state index in [4.69, 9.17) is 0 Å². The van der Waals surface area contributed by atoms with E-state index in [1.807, 2.05) is 37.3 Å². The number of halogens is 1. The summed E-state index contributed by atoms with van der Waals surface area (Å²) in [6, 6.07) is 9.86. The number of rotatable bonds is 1. The number of aromatic nitrogens is 2. The Hall–Kier alpha value is -1.22. The van der Waals surface area contributed by atoms with Gasteiger partial charge in [0.2, 0.25) is 0 Å². The minimum atomic E-state index is 0.775. The van der Waals surface area contributed by atoms with Crippen LogP contribution in [0.15, 0.2) is 41.0 Å². The highest BCUT2D eigenvalue weighted by Crippen LogP contribution is 2.17. The minimum Gasteiger partial charge on any atom is -0.237 e. The van der Waals surface area contributed by atoms with Crippen molar-refractivity contribution in [3.8, 4) is 11.4 Å². The summed E-state index contributed by atoms with van der Waals surface area (Å²) in [7, 11) is 0. The molecule has 0 bridgehead atoms. The molecule has 70 valence electrons. The highest BCUT2D eigenvalue weighted by atomic mass is 79.9. The maximum atomic E-state index is 4.35. The maximum absolute atomic E-state index is 4.35. The molecule has 0 radical (unpaired) electrons. The van der Waals surface area contributed by atoms with Gasteiger partial charge in [-0.2, -0.15) is 0 Å². The fraction of sp³-hybridized carbons (Fsp3) is 0.0909. The summed E-state index contributed by atoms with van der Waals surface area (Å²) in [6.45, 7) is 1.96. The van der Waals surface area contributed by atoms with Crippen LogP contribution in [0, 0.1) is 6.92 Å². The zero-order chi connectivity index (χ0) is 9.97. The van der Waals surface area contributed by atoms with Gasteiger partial charge in [-0.3, -0.25) is 0 Å². The molecule has 1 aromatic heterocycles. The lowest BCUT2D eigenvalue weighted by Crippen LogP contribution is -1.89. The lowest BCUT2D eigenvalue weighted by Gasteiger charge is -2.00. The number of hydrogen-bond donors (Lipinski definition) is 0. The van der Waals surface area contributed by atoms with Gasteiger partial charge in [-0.1, -0.05) is 28.1 Å². The Morgan fingerprint density at radius 3 is 2.43 bits per heavy atom. The standard InChI is InChI=1S/C11H9BrN2/c1-8-6-7-13-11(14-8)9-2-4-10(12)5-3-9/h2-7H,1H3. The first-order valence-corrected chi connectivity index (χ1v) is 5.10. The molecule has 0 atom stereocenters. The van der Waals surface area contributed by atoms with E-state index in [0.29, 0.717) is 0 Å². The van der Waals surface area contributed by atoms with Crippen LogP contribution in [0.1, 0.15) is 5.69 Å². The van der Waals surface area contributed by atoms with Gasteiger partial charge in [0.25, 0.3) is 0 Å². The smallest absolute Gasteiger partial charge is 0.159 e. The first-order valence-electron chi connectivity index (χ1n) is 4.31. The second kappa shape index (κ2) is 3.88. The molecule has 0 aliphatic heterocycles. The second-order valence-electron chi connectivity index (χ2n) is 3.03. The van der Waals surface area contributed by atoms with Crippen molar-refractivity contribution in [3.05, 3.63) is 46.7 Å². The molecule has 1 heterocycles. The average molecular weight is 249 g/mol. The molecule has 1 aromatic carbocycles. The number of aryl methyl sites for hydroxylation is 1. The van der Waals surface area contributed by atoms with Gasteiger partial charge in [0.05, 0.1) is 0 Å². The Bertz CT molecular complexity index is 437. The van der Waals surface area contributed by atoms with Crippen LogP contribution in [0.25, 0.3) is 11.4 Å². The van der Waals surface area contributed by atoms with E-state index in [1.54, 1.807) is 6.20 Å². The van der Waals surface area contributed by atoms with Crippen molar-refractivity contribution in [3.63, 3.8) is 0 Å². The van der Waals surface area contributed by atoms with E-state index in [0.717, 1.165) is 21.6 Å². The molecule has 0 aliphatic carbocycles. The average Bonchev–Trinajstić information content (AvgIpc) is 2.19. The SMILES string of the molecule is Cc1ccnc(-c2ccc(Br)cc2)n1. The lowest BCUT2D eigenvalue weighted by atomic mass is 10.2. The number of nitrogens with zero attached hydrogens (tertiary/aromatic N) is 2. The summed E-state index contributed by atoms with van der Waals surface area (Å²) in [5.41, 5.74) is 2.02. The van der Waals surface area contributed by atoms with E-state index in [-0.39, 0.29) is 0 Å². The summed E-state index contributed by atoms with van der Waals surface area (Å²) in [4.78, 5) is 8.56. The molecule has 0 fully saturated rings. The molecular weight excluding hydrogens is 240 g/mol. The van der Waals surface area contributed by atoms with Crippen molar-refractivity contribution < 1.29 is 0 Å². The Morgan fingerprint density at radius 1 is 1.07 bits per heavy atom. The van der Waals surface area contributed by atoms with Gasteiger partial charge >= 0.3 is 0 Å². The van der Waals surface area contributed by atoms with Gasteiger partial charge < -0.3 is 0 Å². The molecule has 0 saturated heterocycles. The van der Waals surface area contributed by atoms with Crippen LogP contribution in [0.2, 0.25) is 0 Å². The highest BCUT2D eigenvalue weighted by Gasteiger charge is 1.99. The van der Waals surface area contributed by atoms with Crippen molar-refractivity contribution in [2.24, 2.45) is 0 Å². The zero-order valence-corrected chi connectivity index (χ0v) is 9.32. The third-order valence-electron chi connectivity index (χ3n) is 1.90. The first-order chi connectivity index (χ1) is 6.75. The van der Waals surface area contributed by atoms with E-state index in [1.165, 1.54) is 0 Å². The molecule has 0 unspecified atom stereocenters. The fourth-order valence-corrected chi connectivity index (χ4v) is 1.45. The minimum absolute atomic E-state index is 0.775. The molecule has 14 heavy (non-hydrogen) atoms. The van der Waals surface area contributed by atoms with Crippen molar-refractivity contribution >= 4 is 15.9 Å². The molecule has 2 nitrogen and oxygen atoms in total. The van der Waals surface area contributed by atoms with Crippen LogP contribution in [-0.4, -0.2) is 9.97 Å². The van der Waals surface area contributed by atoms with Gasteiger partial charge in [0, 0.05) is 21.9 Å². The van der Waals surface area contributed by atoms with Crippen LogP contribution < -0.4 is 0 Å². The molecule has 0 amide bonds.